The molecule has 0 unspecified atom stereocenters. The van der Waals surface area contributed by atoms with Crippen LogP contribution in [0.5, 0.6) is 0 Å². The van der Waals surface area contributed by atoms with Gasteiger partial charge in [0.1, 0.15) is 9.84 Å². The lowest BCUT2D eigenvalue weighted by Crippen LogP contribution is -2.12. The zero-order valence-corrected chi connectivity index (χ0v) is 11.9. The first-order valence-electron chi connectivity index (χ1n) is 5.33. The van der Waals surface area contributed by atoms with Crippen molar-refractivity contribution in [2.45, 2.75) is 13.3 Å². The second-order valence-electron chi connectivity index (χ2n) is 3.67. The highest BCUT2D eigenvalue weighted by atomic mass is 35.5. The van der Waals surface area contributed by atoms with Crippen molar-refractivity contribution in [2.75, 3.05) is 23.4 Å². The molecule has 0 radical (unpaired) electrons. The molecule has 0 saturated heterocycles. The van der Waals surface area contributed by atoms with Crippen molar-refractivity contribution in [2.24, 2.45) is 0 Å². The zero-order chi connectivity index (χ0) is 12.9. The first-order chi connectivity index (χ1) is 7.93. The molecule has 0 atom stereocenters. The van der Waals surface area contributed by atoms with Crippen LogP contribution in [0.2, 0.25) is 10.0 Å². The van der Waals surface area contributed by atoms with Crippen molar-refractivity contribution >= 4 is 38.7 Å². The SMILES string of the molecule is CCS(=O)(=O)CCCNc1cc(Cl)cc(Cl)c1. The molecule has 0 aromatic heterocycles. The van der Waals surface area contributed by atoms with Gasteiger partial charge in [0, 0.05) is 28.0 Å². The fourth-order valence-electron chi connectivity index (χ4n) is 1.33. The first-order valence-corrected chi connectivity index (χ1v) is 7.91. The number of hydrogen-bond acceptors (Lipinski definition) is 3. The minimum Gasteiger partial charge on any atom is -0.385 e. The van der Waals surface area contributed by atoms with E-state index >= 15 is 0 Å². The summed E-state index contributed by atoms with van der Waals surface area (Å²) < 4.78 is 22.5. The summed E-state index contributed by atoms with van der Waals surface area (Å²) in [5.41, 5.74) is 0.802. The van der Waals surface area contributed by atoms with Crippen LogP contribution in [0.1, 0.15) is 13.3 Å². The summed E-state index contributed by atoms with van der Waals surface area (Å²) in [5, 5.41) is 4.20. The van der Waals surface area contributed by atoms with Crippen LogP contribution in [0.25, 0.3) is 0 Å². The van der Waals surface area contributed by atoms with E-state index in [2.05, 4.69) is 5.32 Å². The molecule has 0 saturated carbocycles. The second-order valence-corrected chi connectivity index (χ2v) is 7.02. The van der Waals surface area contributed by atoms with Crippen molar-refractivity contribution in [1.29, 1.82) is 0 Å². The van der Waals surface area contributed by atoms with Crippen molar-refractivity contribution in [3.8, 4) is 0 Å². The van der Waals surface area contributed by atoms with E-state index in [4.69, 9.17) is 23.2 Å². The fourth-order valence-corrected chi connectivity index (χ4v) is 2.72. The summed E-state index contributed by atoms with van der Waals surface area (Å²) in [6.45, 7) is 2.23. The highest BCUT2D eigenvalue weighted by Gasteiger charge is 2.06. The Kier molecular flexibility index (Phi) is 5.56. The van der Waals surface area contributed by atoms with Crippen molar-refractivity contribution in [3.63, 3.8) is 0 Å². The van der Waals surface area contributed by atoms with Crippen molar-refractivity contribution < 1.29 is 8.42 Å². The van der Waals surface area contributed by atoms with E-state index in [1.54, 1.807) is 25.1 Å². The number of halogens is 2. The van der Waals surface area contributed by atoms with Gasteiger partial charge in [0.25, 0.3) is 0 Å². The Hall–Kier alpha value is -0.450. The molecule has 0 aliphatic heterocycles. The van der Waals surface area contributed by atoms with Gasteiger partial charge in [0.2, 0.25) is 0 Å². The molecule has 6 heteroatoms. The molecule has 96 valence electrons. The average molecular weight is 296 g/mol. The minimum absolute atomic E-state index is 0.190. The van der Waals surface area contributed by atoms with E-state index < -0.39 is 9.84 Å². The normalized spacial score (nSPS) is 11.5. The van der Waals surface area contributed by atoms with Crippen LogP contribution in [0.15, 0.2) is 18.2 Å². The molecule has 0 aliphatic carbocycles. The smallest absolute Gasteiger partial charge is 0.150 e. The molecule has 0 amide bonds. The Labute approximate surface area is 112 Å². The van der Waals surface area contributed by atoms with Gasteiger partial charge in [0.05, 0.1) is 5.75 Å². The van der Waals surface area contributed by atoms with E-state index in [0.29, 0.717) is 23.0 Å². The molecule has 0 fully saturated rings. The third-order valence-electron chi connectivity index (χ3n) is 2.26. The summed E-state index contributed by atoms with van der Waals surface area (Å²) in [4.78, 5) is 0. The monoisotopic (exact) mass is 295 g/mol. The molecule has 1 N–H and O–H groups in total. The highest BCUT2D eigenvalue weighted by Crippen LogP contribution is 2.22. The number of benzene rings is 1. The Bertz CT molecular complexity index is 454. The summed E-state index contributed by atoms with van der Waals surface area (Å²) in [7, 11) is -2.88. The third kappa shape index (κ3) is 5.61. The minimum atomic E-state index is -2.88. The van der Waals surface area contributed by atoms with Crippen LogP contribution < -0.4 is 5.32 Å². The molecular weight excluding hydrogens is 281 g/mol. The summed E-state index contributed by atoms with van der Waals surface area (Å²) in [6, 6.07) is 5.15. The lowest BCUT2D eigenvalue weighted by molar-refractivity contribution is 0.595. The van der Waals surface area contributed by atoms with Crippen molar-refractivity contribution in [3.05, 3.63) is 28.2 Å². The Morgan fingerprint density at radius 3 is 2.29 bits per heavy atom. The van der Waals surface area contributed by atoms with Gasteiger partial charge in [-0.1, -0.05) is 30.1 Å². The third-order valence-corrected chi connectivity index (χ3v) is 4.49. The van der Waals surface area contributed by atoms with Crippen LogP contribution in [0.4, 0.5) is 5.69 Å². The molecule has 1 aromatic rings. The summed E-state index contributed by atoms with van der Waals surface area (Å²) in [5.74, 6) is 0.390. The van der Waals surface area contributed by atoms with E-state index in [1.807, 2.05) is 0 Å². The quantitative estimate of drug-likeness (QED) is 0.820. The maximum Gasteiger partial charge on any atom is 0.150 e. The number of rotatable bonds is 6. The Morgan fingerprint density at radius 1 is 1.18 bits per heavy atom. The van der Waals surface area contributed by atoms with Gasteiger partial charge in [-0.3, -0.25) is 0 Å². The van der Waals surface area contributed by atoms with Crippen LogP contribution >= 0.6 is 23.2 Å². The molecule has 0 aliphatic rings. The molecule has 3 nitrogen and oxygen atoms in total. The predicted octanol–water partition coefficient (Wildman–Crippen LogP) is 3.23. The molecular formula is C11H15Cl2NO2S. The van der Waals surface area contributed by atoms with E-state index in [0.717, 1.165) is 5.69 Å². The van der Waals surface area contributed by atoms with Gasteiger partial charge >= 0.3 is 0 Å². The number of nitrogens with one attached hydrogen (secondary N) is 1. The molecule has 0 bridgehead atoms. The van der Waals surface area contributed by atoms with Gasteiger partial charge in [-0.15, -0.1) is 0 Å². The van der Waals surface area contributed by atoms with Crippen LogP contribution in [0.3, 0.4) is 0 Å². The average Bonchev–Trinajstić information content (AvgIpc) is 2.23. The molecule has 0 heterocycles. The highest BCUT2D eigenvalue weighted by molar-refractivity contribution is 7.91. The Balaban J connectivity index is 2.41. The molecule has 1 rings (SSSR count). The lowest BCUT2D eigenvalue weighted by atomic mass is 10.3. The standard InChI is InChI=1S/C11H15Cl2NO2S/c1-2-17(15,16)5-3-4-14-11-7-9(12)6-10(13)8-11/h6-8,14H,2-5H2,1H3. The molecule has 1 aromatic carbocycles. The summed E-state index contributed by atoms with van der Waals surface area (Å²) >= 11 is 11.7. The Morgan fingerprint density at radius 2 is 1.76 bits per heavy atom. The molecule has 17 heavy (non-hydrogen) atoms. The van der Waals surface area contributed by atoms with Crippen molar-refractivity contribution in [1.82, 2.24) is 0 Å². The molecule has 0 spiro atoms. The second kappa shape index (κ2) is 6.47. The topological polar surface area (TPSA) is 46.2 Å². The summed E-state index contributed by atoms with van der Waals surface area (Å²) in [6.07, 6.45) is 0.570. The maximum absolute atomic E-state index is 11.2. The van der Waals surface area contributed by atoms with E-state index in [9.17, 15) is 8.42 Å². The number of anilines is 1. The largest absolute Gasteiger partial charge is 0.385 e. The predicted molar refractivity (Wildman–Crippen MR) is 73.9 cm³/mol. The van der Waals surface area contributed by atoms with Crippen LogP contribution in [0, 0.1) is 0 Å². The number of hydrogen-bond donors (Lipinski definition) is 1. The van der Waals surface area contributed by atoms with Crippen LogP contribution in [-0.4, -0.2) is 26.5 Å². The number of sulfone groups is 1. The van der Waals surface area contributed by atoms with E-state index in [1.165, 1.54) is 0 Å². The van der Waals surface area contributed by atoms with Gasteiger partial charge in [-0.05, 0) is 24.6 Å². The van der Waals surface area contributed by atoms with Gasteiger partial charge in [-0.25, -0.2) is 8.42 Å². The van der Waals surface area contributed by atoms with E-state index in [-0.39, 0.29) is 11.5 Å². The fraction of sp³-hybridized carbons (Fsp3) is 0.455. The maximum atomic E-state index is 11.2. The zero-order valence-electron chi connectivity index (χ0n) is 9.54. The van der Waals surface area contributed by atoms with Crippen LogP contribution in [-0.2, 0) is 9.84 Å². The van der Waals surface area contributed by atoms with Gasteiger partial charge < -0.3 is 5.32 Å². The lowest BCUT2D eigenvalue weighted by Gasteiger charge is -2.07. The van der Waals surface area contributed by atoms with Gasteiger partial charge in [-0.2, -0.15) is 0 Å². The van der Waals surface area contributed by atoms with Gasteiger partial charge in [0.15, 0.2) is 0 Å². The first kappa shape index (κ1) is 14.6.